The van der Waals surface area contributed by atoms with E-state index in [9.17, 15) is 19.2 Å². The van der Waals surface area contributed by atoms with Crippen LogP contribution in [0.3, 0.4) is 0 Å². The van der Waals surface area contributed by atoms with Crippen LogP contribution in [0.1, 0.15) is 30.9 Å². The molecule has 1 atom stereocenters. The Kier molecular flexibility index (Phi) is 6.18. The number of urea groups is 1. The average Bonchev–Trinajstić information content (AvgIpc) is 3.04. The third kappa shape index (κ3) is 4.60. The van der Waals surface area contributed by atoms with Gasteiger partial charge in [0.15, 0.2) is 0 Å². The van der Waals surface area contributed by atoms with Crippen molar-refractivity contribution in [2.45, 2.75) is 32.2 Å². The molecule has 172 valence electrons. The Morgan fingerprint density at radius 2 is 1.67 bits per heavy atom. The monoisotopic (exact) mass is 448 g/mol. The second kappa shape index (κ2) is 9.05. The van der Waals surface area contributed by atoms with Gasteiger partial charge in [-0.05, 0) is 44.4 Å². The van der Waals surface area contributed by atoms with Crippen LogP contribution in [0, 0.1) is 12.8 Å². The highest BCUT2D eigenvalue weighted by Gasteiger charge is 2.49. The Morgan fingerprint density at radius 1 is 1.03 bits per heavy atom. The topological polar surface area (TPSA) is 98.8 Å². The largest absolute Gasteiger partial charge is 0.341 e. The molecule has 2 N–H and O–H groups in total. The fourth-order valence-electron chi connectivity index (χ4n) is 4.32. The molecule has 2 aromatic carbocycles. The SMILES string of the molecule is Cc1ccc(C2(C)NC(=O)N(CC(=O)N3CCC(C(=O)Nc4ccccc4)CC3)C2=O)cc1. The van der Waals surface area contributed by atoms with E-state index >= 15 is 0 Å². The number of imide groups is 1. The van der Waals surface area contributed by atoms with Crippen LogP contribution in [0.4, 0.5) is 10.5 Å². The van der Waals surface area contributed by atoms with Crippen LogP contribution >= 0.6 is 0 Å². The van der Waals surface area contributed by atoms with Crippen LogP contribution in [-0.4, -0.2) is 53.2 Å². The third-order valence-electron chi connectivity index (χ3n) is 6.46. The van der Waals surface area contributed by atoms with E-state index in [1.165, 1.54) is 0 Å². The second-order valence-corrected chi connectivity index (χ2v) is 8.82. The number of para-hydroxylation sites is 1. The molecule has 0 aliphatic carbocycles. The first kappa shape index (κ1) is 22.5. The first-order valence-electron chi connectivity index (χ1n) is 11.1. The van der Waals surface area contributed by atoms with Crippen molar-refractivity contribution in [1.29, 1.82) is 0 Å². The first-order valence-corrected chi connectivity index (χ1v) is 11.1. The molecule has 8 nitrogen and oxygen atoms in total. The molecular weight excluding hydrogens is 420 g/mol. The van der Waals surface area contributed by atoms with Crippen LogP contribution < -0.4 is 10.6 Å². The number of carbonyl (C=O) groups is 4. The summed E-state index contributed by atoms with van der Waals surface area (Å²) in [6.07, 6.45) is 1.07. The second-order valence-electron chi connectivity index (χ2n) is 8.82. The van der Waals surface area contributed by atoms with Gasteiger partial charge in [-0.2, -0.15) is 0 Å². The van der Waals surface area contributed by atoms with Crippen molar-refractivity contribution < 1.29 is 19.2 Å². The van der Waals surface area contributed by atoms with Crippen LogP contribution in [-0.2, 0) is 19.9 Å². The smallest absolute Gasteiger partial charge is 0.325 e. The molecule has 2 heterocycles. The number of amides is 5. The number of hydrogen-bond acceptors (Lipinski definition) is 4. The number of carbonyl (C=O) groups excluding carboxylic acids is 4. The van der Waals surface area contributed by atoms with Crippen LogP contribution in [0.5, 0.6) is 0 Å². The van der Waals surface area contributed by atoms with Gasteiger partial charge in [0.25, 0.3) is 5.91 Å². The Hall–Kier alpha value is -3.68. The van der Waals surface area contributed by atoms with Gasteiger partial charge in [-0.3, -0.25) is 19.3 Å². The van der Waals surface area contributed by atoms with Gasteiger partial charge in [0.1, 0.15) is 12.1 Å². The van der Waals surface area contributed by atoms with Crippen molar-refractivity contribution in [1.82, 2.24) is 15.1 Å². The molecule has 4 rings (SSSR count). The minimum absolute atomic E-state index is 0.0590. The standard InChI is InChI=1S/C25H28N4O4/c1-17-8-10-19(11-9-17)25(2)23(32)29(24(33)27-25)16-21(30)28-14-12-18(13-15-28)22(31)26-20-6-4-3-5-7-20/h3-11,18H,12-16H2,1-2H3,(H,26,31)(H,27,33). The zero-order valence-corrected chi connectivity index (χ0v) is 18.8. The molecule has 2 aliphatic heterocycles. The lowest BCUT2D eigenvalue weighted by Gasteiger charge is -2.32. The number of nitrogens with one attached hydrogen (secondary N) is 2. The van der Waals surface area contributed by atoms with Crippen molar-refractivity contribution in [3.8, 4) is 0 Å². The van der Waals surface area contributed by atoms with Gasteiger partial charge in [0, 0.05) is 24.7 Å². The third-order valence-corrected chi connectivity index (χ3v) is 6.46. The summed E-state index contributed by atoms with van der Waals surface area (Å²) in [5, 5.41) is 5.64. The number of anilines is 1. The maximum atomic E-state index is 13.1. The van der Waals surface area contributed by atoms with Crippen LogP contribution in [0.2, 0.25) is 0 Å². The molecule has 0 bridgehead atoms. The highest BCUT2D eigenvalue weighted by molar-refractivity contribution is 6.09. The Labute approximate surface area is 192 Å². The molecular formula is C25H28N4O4. The van der Waals surface area contributed by atoms with E-state index in [0.717, 1.165) is 16.2 Å². The van der Waals surface area contributed by atoms with E-state index in [4.69, 9.17) is 0 Å². The van der Waals surface area contributed by atoms with Crippen molar-refractivity contribution in [2.24, 2.45) is 5.92 Å². The van der Waals surface area contributed by atoms with E-state index in [2.05, 4.69) is 10.6 Å². The first-order chi connectivity index (χ1) is 15.8. The van der Waals surface area contributed by atoms with Gasteiger partial charge < -0.3 is 15.5 Å². The number of rotatable bonds is 5. The summed E-state index contributed by atoms with van der Waals surface area (Å²) in [6.45, 7) is 4.10. The molecule has 2 aliphatic rings. The average molecular weight is 449 g/mol. The van der Waals surface area contributed by atoms with E-state index in [0.29, 0.717) is 31.5 Å². The summed E-state index contributed by atoms with van der Waals surface area (Å²) < 4.78 is 0. The summed E-state index contributed by atoms with van der Waals surface area (Å²) in [4.78, 5) is 53.6. The number of hydrogen-bond donors (Lipinski definition) is 2. The van der Waals surface area contributed by atoms with Gasteiger partial charge >= 0.3 is 6.03 Å². The molecule has 0 radical (unpaired) electrons. The maximum Gasteiger partial charge on any atom is 0.325 e. The minimum Gasteiger partial charge on any atom is -0.341 e. The zero-order chi connectivity index (χ0) is 23.6. The molecule has 5 amide bonds. The Balaban J connectivity index is 1.33. The van der Waals surface area contributed by atoms with Crippen molar-refractivity contribution in [3.63, 3.8) is 0 Å². The summed E-state index contributed by atoms with van der Waals surface area (Å²) in [5.74, 6) is -0.984. The predicted octanol–water partition coefficient (Wildman–Crippen LogP) is 2.64. The summed E-state index contributed by atoms with van der Waals surface area (Å²) in [7, 11) is 0. The molecule has 2 fully saturated rings. The number of piperidine rings is 1. The maximum absolute atomic E-state index is 13.1. The lowest BCUT2D eigenvalue weighted by atomic mass is 9.91. The quantitative estimate of drug-likeness (QED) is 0.687. The Bertz CT molecular complexity index is 1060. The molecule has 0 spiro atoms. The minimum atomic E-state index is -1.20. The van der Waals surface area contributed by atoms with Gasteiger partial charge in [0.05, 0.1) is 0 Å². The molecule has 33 heavy (non-hydrogen) atoms. The number of benzene rings is 2. The predicted molar refractivity (Wildman–Crippen MR) is 123 cm³/mol. The molecule has 1 unspecified atom stereocenters. The number of likely N-dealkylation sites (tertiary alicyclic amines) is 1. The molecule has 0 saturated carbocycles. The Morgan fingerprint density at radius 3 is 2.30 bits per heavy atom. The highest BCUT2D eigenvalue weighted by Crippen LogP contribution is 2.29. The zero-order valence-electron chi connectivity index (χ0n) is 18.8. The van der Waals surface area contributed by atoms with Gasteiger partial charge in [-0.1, -0.05) is 48.0 Å². The van der Waals surface area contributed by atoms with Crippen molar-refractivity contribution >= 4 is 29.4 Å². The lowest BCUT2D eigenvalue weighted by Crippen LogP contribution is -2.47. The van der Waals surface area contributed by atoms with Gasteiger partial charge in [-0.25, -0.2) is 4.79 Å². The lowest BCUT2D eigenvalue weighted by molar-refractivity contribution is -0.140. The molecule has 2 aromatic rings. The van der Waals surface area contributed by atoms with E-state index in [1.807, 2.05) is 61.5 Å². The fraction of sp³-hybridized carbons (Fsp3) is 0.360. The van der Waals surface area contributed by atoms with Crippen LogP contribution in [0.25, 0.3) is 0 Å². The van der Waals surface area contributed by atoms with Crippen molar-refractivity contribution in [3.05, 3.63) is 65.7 Å². The fourth-order valence-corrected chi connectivity index (χ4v) is 4.32. The molecule has 2 saturated heterocycles. The van der Waals surface area contributed by atoms with E-state index < -0.39 is 17.5 Å². The molecule has 0 aromatic heterocycles. The van der Waals surface area contributed by atoms with Gasteiger partial charge in [0.2, 0.25) is 11.8 Å². The van der Waals surface area contributed by atoms with E-state index in [1.54, 1.807) is 11.8 Å². The van der Waals surface area contributed by atoms with E-state index in [-0.39, 0.29) is 24.3 Å². The van der Waals surface area contributed by atoms with Crippen molar-refractivity contribution in [2.75, 3.05) is 25.0 Å². The number of nitrogens with zero attached hydrogens (tertiary/aromatic N) is 2. The summed E-state index contributed by atoms with van der Waals surface area (Å²) in [6, 6.07) is 16.1. The summed E-state index contributed by atoms with van der Waals surface area (Å²) in [5.41, 5.74) is 1.27. The molecule has 8 heteroatoms. The van der Waals surface area contributed by atoms with Crippen LogP contribution in [0.15, 0.2) is 54.6 Å². The number of aryl methyl sites for hydroxylation is 1. The highest BCUT2D eigenvalue weighted by atomic mass is 16.2. The normalized spacial score (nSPS) is 21.2. The van der Waals surface area contributed by atoms with Gasteiger partial charge in [-0.15, -0.1) is 0 Å². The summed E-state index contributed by atoms with van der Waals surface area (Å²) >= 11 is 0.